The van der Waals surface area contributed by atoms with E-state index in [-0.39, 0.29) is 5.60 Å². The Morgan fingerprint density at radius 1 is 0.778 bits per heavy atom. The van der Waals surface area contributed by atoms with Crippen LogP contribution in [0.4, 0.5) is 5.69 Å². The van der Waals surface area contributed by atoms with Crippen LogP contribution < -0.4 is 10.5 Å². The van der Waals surface area contributed by atoms with Crippen LogP contribution in [0, 0.1) is 0 Å². The molecule has 2 heteroatoms. The van der Waals surface area contributed by atoms with Gasteiger partial charge in [-0.15, -0.1) is 0 Å². The molecule has 0 aliphatic carbocycles. The Labute approximate surface area is 108 Å². The highest BCUT2D eigenvalue weighted by Crippen LogP contribution is 2.25. The van der Waals surface area contributed by atoms with Crippen molar-refractivity contribution in [2.75, 3.05) is 5.73 Å². The number of rotatable bonds is 2. The van der Waals surface area contributed by atoms with Gasteiger partial charge >= 0.3 is 0 Å². The van der Waals surface area contributed by atoms with Crippen LogP contribution in [0.5, 0.6) is 5.75 Å². The van der Waals surface area contributed by atoms with E-state index in [2.05, 4.69) is 12.1 Å². The lowest BCUT2D eigenvalue weighted by Gasteiger charge is -2.21. The highest BCUT2D eigenvalue weighted by atomic mass is 16.5. The predicted molar refractivity (Wildman–Crippen MR) is 76.7 cm³/mol. The fraction of sp³-hybridized carbons (Fsp3) is 0.250. The summed E-state index contributed by atoms with van der Waals surface area (Å²) in [7, 11) is 0. The van der Waals surface area contributed by atoms with E-state index in [0.29, 0.717) is 0 Å². The minimum absolute atomic E-state index is 0.164. The van der Waals surface area contributed by atoms with Gasteiger partial charge in [-0.1, -0.05) is 24.3 Å². The molecule has 18 heavy (non-hydrogen) atoms. The first-order valence-electron chi connectivity index (χ1n) is 6.09. The molecular weight excluding hydrogens is 222 g/mol. The summed E-state index contributed by atoms with van der Waals surface area (Å²) in [5, 5.41) is 0. The first-order chi connectivity index (χ1) is 8.44. The van der Waals surface area contributed by atoms with Gasteiger partial charge in [0.2, 0.25) is 0 Å². The number of nitrogens with two attached hydrogens (primary N) is 1. The van der Waals surface area contributed by atoms with Crippen molar-refractivity contribution in [1.82, 2.24) is 0 Å². The van der Waals surface area contributed by atoms with Gasteiger partial charge in [0.15, 0.2) is 0 Å². The van der Waals surface area contributed by atoms with Crippen LogP contribution in [-0.4, -0.2) is 5.60 Å². The van der Waals surface area contributed by atoms with E-state index in [9.17, 15) is 0 Å². The van der Waals surface area contributed by atoms with Gasteiger partial charge in [0.05, 0.1) is 0 Å². The first kappa shape index (κ1) is 12.5. The molecule has 0 saturated carbocycles. The van der Waals surface area contributed by atoms with Gasteiger partial charge in [0.1, 0.15) is 11.4 Å². The molecule has 2 aromatic carbocycles. The normalized spacial score (nSPS) is 11.3. The molecule has 94 valence electrons. The van der Waals surface area contributed by atoms with E-state index in [0.717, 1.165) is 22.6 Å². The summed E-state index contributed by atoms with van der Waals surface area (Å²) in [6.45, 7) is 6.13. The number of ether oxygens (including phenoxy) is 1. The zero-order valence-corrected chi connectivity index (χ0v) is 11.1. The Morgan fingerprint density at radius 3 is 1.67 bits per heavy atom. The molecule has 0 amide bonds. The standard InChI is InChI=1S/C16H19NO/c1-16(2,3)18-15-10-6-13(7-11-15)12-4-8-14(17)9-5-12/h4-11H,17H2,1-3H3. The number of nitrogen functional groups attached to an aromatic ring is 1. The lowest BCUT2D eigenvalue weighted by Crippen LogP contribution is -2.22. The Balaban J connectivity index is 2.20. The summed E-state index contributed by atoms with van der Waals surface area (Å²) in [6, 6.07) is 16.0. The third kappa shape index (κ3) is 3.27. The van der Waals surface area contributed by atoms with E-state index in [4.69, 9.17) is 10.5 Å². The van der Waals surface area contributed by atoms with Crippen LogP contribution in [0.15, 0.2) is 48.5 Å². The van der Waals surface area contributed by atoms with Crippen molar-refractivity contribution in [1.29, 1.82) is 0 Å². The molecule has 2 aromatic rings. The van der Waals surface area contributed by atoms with Crippen LogP contribution in [0.2, 0.25) is 0 Å². The molecule has 0 spiro atoms. The zero-order chi connectivity index (χ0) is 13.2. The van der Waals surface area contributed by atoms with Crippen LogP contribution in [0.1, 0.15) is 20.8 Å². The predicted octanol–water partition coefficient (Wildman–Crippen LogP) is 4.11. The molecular formula is C16H19NO. The molecule has 0 aromatic heterocycles. The average Bonchev–Trinajstić information content (AvgIpc) is 2.29. The summed E-state index contributed by atoms with van der Waals surface area (Å²) in [5.74, 6) is 0.890. The second-order valence-electron chi connectivity index (χ2n) is 5.36. The molecule has 0 fully saturated rings. The maximum Gasteiger partial charge on any atom is 0.120 e. The van der Waals surface area contributed by atoms with Crippen LogP contribution in [0.3, 0.4) is 0 Å². The van der Waals surface area contributed by atoms with Crippen molar-refractivity contribution in [3.63, 3.8) is 0 Å². The highest BCUT2D eigenvalue weighted by Gasteiger charge is 2.11. The van der Waals surface area contributed by atoms with Crippen molar-refractivity contribution in [3.05, 3.63) is 48.5 Å². The van der Waals surface area contributed by atoms with Crippen molar-refractivity contribution in [2.45, 2.75) is 26.4 Å². The fourth-order valence-electron chi connectivity index (χ4n) is 1.74. The fourth-order valence-corrected chi connectivity index (χ4v) is 1.74. The monoisotopic (exact) mass is 241 g/mol. The Kier molecular flexibility index (Phi) is 3.28. The van der Waals surface area contributed by atoms with Gasteiger partial charge in [0, 0.05) is 5.69 Å². The maximum atomic E-state index is 5.79. The molecule has 2 rings (SSSR count). The lowest BCUT2D eigenvalue weighted by atomic mass is 10.1. The topological polar surface area (TPSA) is 35.2 Å². The lowest BCUT2D eigenvalue weighted by molar-refractivity contribution is 0.131. The van der Waals surface area contributed by atoms with Crippen LogP contribution in [-0.2, 0) is 0 Å². The Morgan fingerprint density at radius 2 is 1.22 bits per heavy atom. The van der Waals surface area contributed by atoms with Crippen LogP contribution in [0.25, 0.3) is 11.1 Å². The number of hydrogen-bond acceptors (Lipinski definition) is 2. The molecule has 2 N–H and O–H groups in total. The third-order valence-electron chi connectivity index (χ3n) is 2.52. The van der Waals surface area contributed by atoms with E-state index in [1.807, 2.05) is 57.2 Å². The number of hydrogen-bond donors (Lipinski definition) is 1. The van der Waals surface area contributed by atoms with E-state index in [1.54, 1.807) is 0 Å². The van der Waals surface area contributed by atoms with Crippen molar-refractivity contribution in [3.8, 4) is 16.9 Å². The second-order valence-corrected chi connectivity index (χ2v) is 5.36. The highest BCUT2D eigenvalue weighted by molar-refractivity contribution is 5.66. The van der Waals surface area contributed by atoms with E-state index in [1.165, 1.54) is 0 Å². The SMILES string of the molecule is CC(C)(C)Oc1ccc(-c2ccc(N)cc2)cc1. The van der Waals surface area contributed by atoms with Gasteiger partial charge in [-0.05, 0) is 56.2 Å². The van der Waals surface area contributed by atoms with Crippen molar-refractivity contribution >= 4 is 5.69 Å². The molecule has 0 unspecified atom stereocenters. The van der Waals surface area contributed by atoms with Gasteiger partial charge < -0.3 is 10.5 Å². The summed E-state index contributed by atoms with van der Waals surface area (Å²) in [6.07, 6.45) is 0. The zero-order valence-electron chi connectivity index (χ0n) is 11.1. The Hall–Kier alpha value is -1.96. The summed E-state index contributed by atoms with van der Waals surface area (Å²) in [4.78, 5) is 0. The summed E-state index contributed by atoms with van der Waals surface area (Å²) in [5.41, 5.74) is 8.62. The average molecular weight is 241 g/mol. The van der Waals surface area contributed by atoms with E-state index < -0.39 is 0 Å². The van der Waals surface area contributed by atoms with Gasteiger partial charge in [-0.3, -0.25) is 0 Å². The number of benzene rings is 2. The third-order valence-corrected chi connectivity index (χ3v) is 2.52. The number of anilines is 1. The molecule has 0 saturated heterocycles. The molecule has 0 heterocycles. The van der Waals surface area contributed by atoms with Crippen molar-refractivity contribution < 1.29 is 4.74 Å². The first-order valence-corrected chi connectivity index (χ1v) is 6.09. The molecule has 0 aliphatic rings. The quantitative estimate of drug-likeness (QED) is 0.803. The van der Waals surface area contributed by atoms with E-state index >= 15 is 0 Å². The summed E-state index contributed by atoms with van der Waals surface area (Å²) < 4.78 is 5.79. The molecule has 0 radical (unpaired) electrons. The maximum absolute atomic E-state index is 5.79. The van der Waals surface area contributed by atoms with Crippen LogP contribution >= 0.6 is 0 Å². The minimum atomic E-state index is -0.164. The molecule has 2 nitrogen and oxygen atoms in total. The van der Waals surface area contributed by atoms with Gasteiger partial charge in [0.25, 0.3) is 0 Å². The molecule has 0 bridgehead atoms. The van der Waals surface area contributed by atoms with Gasteiger partial charge in [-0.2, -0.15) is 0 Å². The van der Waals surface area contributed by atoms with Gasteiger partial charge in [-0.25, -0.2) is 0 Å². The molecule has 0 aliphatic heterocycles. The second kappa shape index (κ2) is 4.73. The minimum Gasteiger partial charge on any atom is -0.488 e. The summed E-state index contributed by atoms with van der Waals surface area (Å²) >= 11 is 0. The Bertz CT molecular complexity index is 506. The largest absolute Gasteiger partial charge is 0.488 e. The smallest absolute Gasteiger partial charge is 0.120 e. The van der Waals surface area contributed by atoms with Crippen molar-refractivity contribution in [2.24, 2.45) is 0 Å². The molecule has 0 atom stereocenters.